The first-order valence-electron chi connectivity index (χ1n) is 10.8. The number of amides is 2. The number of rotatable bonds is 9. The third kappa shape index (κ3) is 6.92. The molecule has 10 heteroatoms. The van der Waals surface area contributed by atoms with Crippen molar-refractivity contribution < 1.29 is 37.8 Å². The van der Waals surface area contributed by atoms with Crippen LogP contribution in [0.2, 0.25) is 0 Å². The number of halogens is 3. The fourth-order valence-electron chi connectivity index (χ4n) is 3.49. The van der Waals surface area contributed by atoms with E-state index in [2.05, 4.69) is 10.6 Å². The maximum atomic E-state index is 12.8. The number of aliphatic carboxylic acids is 1. The van der Waals surface area contributed by atoms with E-state index in [0.29, 0.717) is 5.56 Å². The Kier molecular flexibility index (Phi) is 8.44. The topological polar surface area (TPSA) is 116 Å². The fourth-order valence-corrected chi connectivity index (χ4v) is 3.49. The van der Waals surface area contributed by atoms with Crippen LogP contribution in [0, 0.1) is 0 Å². The van der Waals surface area contributed by atoms with Gasteiger partial charge in [-0.05, 0) is 35.4 Å². The van der Waals surface area contributed by atoms with Gasteiger partial charge in [0.1, 0.15) is 6.04 Å². The number of carbonyl (C=O) groups is 3. The molecule has 0 bridgehead atoms. The van der Waals surface area contributed by atoms with Gasteiger partial charge >= 0.3 is 12.1 Å². The van der Waals surface area contributed by atoms with E-state index in [1.54, 1.807) is 60.7 Å². The van der Waals surface area contributed by atoms with Crippen molar-refractivity contribution in [1.82, 2.24) is 10.6 Å². The van der Waals surface area contributed by atoms with Crippen molar-refractivity contribution in [3.63, 3.8) is 0 Å². The lowest BCUT2D eigenvalue weighted by Crippen LogP contribution is -2.50. The van der Waals surface area contributed by atoms with Crippen molar-refractivity contribution in [3.05, 3.63) is 107 Å². The molecule has 7 nitrogen and oxygen atoms in total. The van der Waals surface area contributed by atoms with Crippen molar-refractivity contribution in [2.75, 3.05) is 0 Å². The molecule has 0 heterocycles. The standard InChI is InChI=1S/C26H23F3N2O5/c27-26(28,29)19-13-11-16(12-14-19)15-20(25(35)36)30-24(34)22(32)21(17-7-3-1-4-8-17)31-23(33)18-9-5-2-6-10-18/h1-14,20-22,32H,15H2,(H,30,34)(H,31,33)(H,35,36)/t20-,21-,22+/m0/s1. The maximum Gasteiger partial charge on any atom is 0.416 e. The van der Waals surface area contributed by atoms with E-state index in [0.717, 1.165) is 24.3 Å². The molecule has 188 valence electrons. The van der Waals surface area contributed by atoms with Gasteiger partial charge in [0, 0.05) is 12.0 Å². The van der Waals surface area contributed by atoms with E-state index in [9.17, 15) is 37.8 Å². The zero-order valence-electron chi connectivity index (χ0n) is 18.8. The molecule has 3 atom stereocenters. The molecule has 4 N–H and O–H groups in total. The van der Waals surface area contributed by atoms with Gasteiger partial charge in [-0.3, -0.25) is 9.59 Å². The molecule has 0 aromatic heterocycles. The number of aliphatic hydroxyl groups excluding tert-OH is 1. The molecular weight excluding hydrogens is 477 g/mol. The first-order chi connectivity index (χ1) is 17.1. The van der Waals surface area contributed by atoms with Crippen molar-refractivity contribution >= 4 is 17.8 Å². The lowest BCUT2D eigenvalue weighted by Gasteiger charge is -2.25. The molecule has 0 spiro atoms. The lowest BCUT2D eigenvalue weighted by molar-refractivity contribution is -0.143. The monoisotopic (exact) mass is 500 g/mol. The van der Waals surface area contributed by atoms with Crippen molar-refractivity contribution in [2.45, 2.75) is 30.8 Å². The lowest BCUT2D eigenvalue weighted by atomic mass is 9.99. The highest BCUT2D eigenvalue weighted by Crippen LogP contribution is 2.29. The van der Waals surface area contributed by atoms with Gasteiger partial charge in [-0.25, -0.2) is 4.79 Å². The average molecular weight is 500 g/mol. The summed E-state index contributed by atoms with van der Waals surface area (Å²) in [7, 11) is 0. The van der Waals surface area contributed by atoms with Crippen molar-refractivity contribution in [2.24, 2.45) is 0 Å². The summed E-state index contributed by atoms with van der Waals surface area (Å²) in [5.74, 6) is -3.08. The van der Waals surface area contributed by atoms with Crippen molar-refractivity contribution in [1.29, 1.82) is 0 Å². The number of carboxylic acid groups (broad SMARTS) is 1. The molecule has 2 amide bonds. The van der Waals surface area contributed by atoms with E-state index in [1.807, 2.05) is 0 Å². The van der Waals surface area contributed by atoms with Gasteiger partial charge in [-0.1, -0.05) is 60.7 Å². The number of alkyl halides is 3. The molecule has 3 rings (SSSR count). The molecule has 3 aromatic carbocycles. The fraction of sp³-hybridized carbons (Fsp3) is 0.192. The summed E-state index contributed by atoms with van der Waals surface area (Å²) in [4.78, 5) is 37.3. The Bertz CT molecular complexity index is 1190. The van der Waals surface area contributed by atoms with Crippen LogP contribution < -0.4 is 10.6 Å². The molecule has 3 aromatic rings. The molecule has 0 saturated carbocycles. The van der Waals surface area contributed by atoms with Gasteiger partial charge in [0.05, 0.1) is 11.6 Å². The Balaban J connectivity index is 1.76. The van der Waals surface area contributed by atoms with E-state index in [1.165, 1.54) is 0 Å². The van der Waals surface area contributed by atoms with Gasteiger partial charge in [-0.15, -0.1) is 0 Å². The van der Waals surface area contributed by atoms with Crippen LogP contribution in [0.3, 0.4) is 0 Å². The summed E-state index contributed by atoms with van der Waals surface area (Å²) in [6, 6.07) is 17.4. The summed E-state index contributed by atoms with van der Waals surface area (Å²) in [5, 5.41) is 25.2. The Morgan fingerprint density at radius 3 is 1.89 bits per heavy atom. The first-order valence-corrected chi connectivity index (χ1v) is 10.8. The third-order valence-corrected chi connectivity index (χ3v) is 5.40. The zero-order valence-corrected chi connectivity index (χ0v) is 18.8. The summed E-state index contributed by atoms with van der Waals surface area (Å²) in [6.45, 7) is 0. The molecule has 0 fully saturated rings. The number of nitrogens with one attached hydrogen (secondary N) is 2. The highest BCUT2D eigenvalue weighted by Gasteiger charge is 2.33. The number of carbonyl (C=O) groups excluding carboxylic acids is 2. The first kappa shape index (κ1) is 26.4. The van der Waals surface area contributed by atoms with Crippen LogP contribution in [0.4, 0.5) is 13.2 Å². The third-order valence-electron chi connectivity index (χ3n) is 5.40. The van der Waals surface area contributed by atoms with Gasteiger partial charge in [0.2, 0.25) is 0 Å². The van der Waals surface area contributed by atoms with Gasteiger partial charge in [0.25, 0.3) is 11.8 Å². The Morgan fingerprint density at radius 2 is 1.36 bits per heavy atom. The number of benzene rings is 3. The Morgan fingerprint density at radius 1 is 0.806 bits per heavy atom. The van der Waals surface area contributed by atoms with Crippen LogP contribution in [0.15, 0.2) is 84.9 Å². The molecule has 36 heavy (non-hydrogen) atoms. The Labute approximate surface area is 204 Å². The smallest absolute Gasteiger partial charge is 0.416 e. The summed E-state index contributed by atoms with van der Waals surface area (Å²) < 4.78 is 38.3. The summed E-state index contributed by atoms with van der Waals surface area (Å²) in [5.41, 5.74) is 0.0374. The van der Waals surface area contributed by atoms with E-state index in [4.69, 9.17) is 0 Å². The number of hydrogen-bond donors (Lipinski definition) is 4. The minimum Gasteiger partial charge on any atom is -0.480 e. The van der Waals surface area contributed by atoms with Crippen LogP contribution in [0.5, 0.6) is 0 Å². The second kappa shape index (κ2) is 11.5. The molecule has 0 unspecified atom stereocenters. The number of hydrogen-bond acceptors (Lipinski definition) is 4. The van der Waals surface area contributed by atoms with Crippen LogP contribution in [0.1, 0.15) is 33.1 Å². The predicted octanol–water partition coefficient (Wildman–Crippen LogP) is 3.35. The van der Waals surface area contributed by atoms with Crippen LogP contribution in [-0.4, -0.2) is 40.1 Å². The highest BCUT2D eigenvalue weighted by atomic mass is 19.4. The maximum absolute atomic E-state index is 12.8. The second-order valence-electron chi connectivity index (χ2n) is 7.97. The van der Waals surface area contributed by atoms with E-state index in [-0.39, 0.29) is 17.5 Å². The van der Waals surface area contributed by atoms with E-state index < -0.39 is 47.7 Å². The summed E-state index contributed by atoms with van der Waals surface area (Å²) >= 11 is 0. The number of carboxylic acids is 1. The minimum absolute atomic E-state index is 0.238. The van der Waals surface area contributed by atoms with Gasteiger partial charge < -0.3 is 20.8 Å². The number of aliphatic hydroxyl groups is 1. The molecule has 0 saturated heterocycles. The molecule has 0 aliphatic rings. The second-order valence-corrected chi connectivity index (χ2v) is 7.97. The molecular formula is C26H23F3N2O5. The Hall–Kier alpha value is -4.18. The van der Waals surface area contributed by atoms with E-state index >= 15 is 0 Å². The zero-order chi connectivity index (χ0) is 26.3. The molecule has 0 aliphatic carbocycles. The van der Waals surface area contributed by atoms with Crippen LogP contribution in [0.25, 0.3) is 0 Å². The van der Waals surface area contributed by atoms with Gasteiger partial charge in [0.15, 0.2) is 6.10 Å². The van der Waals surface area contributed by atoms with Crippen molar-refractivity contribution in [3.8, 4) is 0 Å². The SMILES string of the molecule is O=C(N[C@@H](c1ccccc1)[C@@H](O)C(=O)N[C@@H](Cc1ccc(C(F)(F)F)cc1)C(=O)O)c1ccccc1. The normalized spacial score (nSPS) is 13.8. The molecule has 0 aliphatic heterocycles. The summed E-state index contributed by atoms with van der Waals surface area (Å²) in [6.07, 6.45) is -6.73. The molecule has 0 radical (unpaired) electrons. The van der Waals surface area contributed by atoms with Gasteiger partial charge in [-0.2, -0.15) is 13.2 Å². The average Bonchev–Trinajstić information content (AvgIpc) is 2.87. The largest absolute Gasteiger partial charge is 0.480 e. The quantitative estimate of drug-likeness (QED) is 0.360. The highest BCUT2D eigenvalue weighted by molar-refractivity contribution is 5.95. The van der Waals surface area contributed by atoms with Crippen LogP contribution in [-0.2, 0) is 22.2 Å². The predicted molar refractivity (Wildman–Crippen MR) is 124 cm³/mol. The minimum atomic E-state index is -4.54. The van der Waals surface area contributed by atoms with Crippen LogP contribution >= 0.6 is 0 Å².